The molecule has 3 nitrogen and oxygen atoms in total. The fraction of sp³-hybridized carbons (Fsp3) is 0.625. The van der Waals surface area contributed by atoms with Crippen molar-refractivity contribution in [3.8, 4) is 5.75 Å². The molecule has 0 radical (unpaired) electrons. The van der Waals surface area contributed by atoms with Crippen molar-refractivity contribution >= 4 is 17.3 Å². The highest BCUT2D eigenvalue weighted by Gasteiger charge is 2.28. The molecule has 1 atom stereocenters. The molecule has 0 amide bonds. The average molecular weight is 298 g/mol. The molecule has 0 bridgehead atoms. The molecule has 1 aliphatic rings. The van der Waals surface area contributed by atoms with Crippen LogP contribution in [0.25, 0.3) is 0 Å². The van der Waals surface area contributed by atoms with Gasteiger partial charge < -0.3 is 14.8 Å². The smallest absolute Gasteiger partial charge is 0.138 e. The number of nitrogens with one attached hydrogen (secondary N) is 1. The summed E-state index contributed by atoms with van der Waals surface area (Å²) in [5.41, 5.74) is 0.991. The monoisotopic (exact) mass is 297 g/mol. The van der Waals surface area contributed by atoms with Crippen molar-refractivity contribution in [3.05, 3.63) is 23.2 Å². The van der Waals surface area contributed by atoms with Gasteiger partial charge in [0.25, 0.3) is 0 Å². The van der Waals surface area contributed by atoms with Crippen LogP contribution in [0.15, 0.2) is 18.2 Å². The fourth-order valence-electron chi connectivity index (χ4n) is 2.51. The van der Waals surface area contributed by atoms with Crippen molar-refractivity contribution in [2.24, 2.45) is 0 Å². The molecule has 112 valence electrons. The normalized spacial score (nSPS) is 21.5. The van der Waals surface area contributed by atoms with E-state index in [4.69, 9.17) is 21.1 Å². The van der Waals surface area contributed by atoms with Crippen LogP contribution >= 0.6 is 11.6 Å². The van der Waals surface area contributed by atoms with Crippen molar-refractivity contribution in [1.29, 1.82) is 0 Å². The summed E-state index contributed by atoms with van der Waals surface area (Å²) in [5.74, 6) is 0.756. The molecule has 1 fully saturated rings. The Bertz CT molecular complexity index is 448. The van der Waals surface area contributed by atoms with Gasteiger partial charge in [0.1, 0.15) is 5.75 Å². The van der Waals surface area contributed by atoms with Crippen molar-refractivity contribution in [2.75, 3.05) is 18.5 Å². The number of benzene rings is 1. The second-order valence-corrected chi connectivity index (χ2v) is 6.34. The summed E-state index contributed by atoms with van der Waals surface area (Å²) in [7, 11) is 0. The van der Waals surface area contributed by atoms with E-state index in [1.165, 1.54) is 0 Å². The van der Waals surface area contributed by atoms with Crippen LogP contribution in [0.2, 0.25) is 5.02 Å². The number of hydrogen-bond donors (Lipinski definition) is 1. The molecule has 0 aromatic heterocycles. The first-order valence-corrected chi connectivity index (χ1v) is 7.71. The van der Waals surface area contributed by atoms with Gasteiger partial charge >= 0.3 is 0 Å². The van der Waals surface area contributed by atoms with Gasteiger partial charge in [-0.15, -0.1) is 0 Å². The molecule has 1 aliphatic heterocycles. The maximum atomic E-state index is 6.25. The minimum Gasteiger partial charge on any atom is -0.492 e. The van der Waals surface area contributed by atoms with Gasteiger partial charge in [-0.2, -0.15) is 0 Å². The predicted molar refractivity (Wildman–Crippen MR) is 83.9 cm³/mol. The molecule has 20 heavy (non-hydrogen) atoms. The summed E-state index contributed by atoms with van der Waals surface area (Å²) in [6.07, 6.45) is 3.00. The zero-order chi connectivity index (χ0) is 14.6. The van der Waals surface area contributed by atoms with Crippen molar-refractivity contribution in [2.45, 2.75) is 51.7 Å². The first kappa shape index (κ1) is 15.5. The molecule has 1 aromatic rings. The zero-order valence-electron chi connectivity index (χ0n) is 12.5. The highest BCUT2D eigenvalue weighted by Crippen LogP contribution is 2.30. The summed E-state index contributed by atoms with van der Waals surface area (Å²) in [5, 5.41) is 4.20. The molecule has 2 rings (SSSR count). The van der Waals surface area contributed by atoms with E-state index >= 15 is 0 Å². The third-order valence-electron chi connectivity index (χ3n) is 3.46. The van der Waals surface area contributed by atoms with Gasteiger partial charge in [-0.25, -0.2) is 0 Å². The highest BCUT2D eigenvalue weighted by atomic mass is 35.5. The number of rotatable bonds is 5. The minimum atomic E-state index is -0.0517. The lowest BCUT2D eigenvalue weighted by Gasteiger charge is -2.36. The van der Waals surface area contributed by atoms with E-state index in [-0.39, 0.29) is 5.60 Å². The maximum absolute atomic E-state index is 6.25. The lowest BCUT2D eigenvalue weighted by Crippen LogP contribution is -2.40. The van der Waals surface area contributed by atoms with Crippen molar-refractivity contribution in [1.82, 2.24) is 0 Å². The van der Waals surface area contributed by atoms with Gasteiger partial charge in [0.15, 0.2) is 0 Å². The van der Waals surface area contributed by atoms with E-state index in [2.05, 4.69) is 26.1 Å². The first-order chi connectivity index (χ1) is 9.50. The zero-order valence-corrected chi connectivity index (χ0v) is 13.3. The minimum absolute atomic E-state index is 0.0517. The van der Waals surface area contributed by atoms with Crippen LogP contribution in [0, 0.1) is 0 Å². The Balaban J connectivity index is 1.98. The van der Waals surface area contributed by atoms with E-state index in [1.54, 1.807) is 0 Å². The molecule has 1 saturated heterocycles. The van der Waals surface area contributed by atoms with E-state index < -0.39 is 0 Å². The lowest BCUT2D eigenvalue weighted by atomic mass is 9.94. The molecule has 4 heteroatoms. The van der Waals surface area contributed by atoms with Gasteiger partial charge in [-0.1, -0.05) is 18.5 Å². The Labute approximate surface area is 126 Å². The molecular weight excluding hydrogens is 274 g/mol. The van der Waals surface area contributed by atoms with Crippen molar-refractivity contribution < 1.29 is 9.47 Å². The second-order valence-electron chi connectivity index (χ2n) is 5.94. The van der Waals surface area contributed by atoms with Gasteiger partial charge in [0.05, 0.1) is 17.2 Å². The first-order valence-electron chi connectivity index (χ1n) is 7.33. The van der Waals surface area contributed by atoms with E-state index in [1.807, 2.05) is 18.2 Å². The van der Waals surface area contributed by atoms with Gasteiger partial charge in [-0.3, -0.25) is 0 Å². The van der Waals surface area contributed by atoms with Crippen molar-refractivity contribution in [3.63, 3.8) is 0 Å². The summed E-state index contributed by atoms with van der Waals surface area (Å²) < 4.78 is 11.3. The molecule has 1 aromatic carbocycles. The molecule has 1 N–H and O–H groups in total. The molecule has 0 spiro atoms. The Morgan fingerprint density at radius 2 is 2.25 bits per heavy atom. The molecular formula is C16H24ClNO2. The third-order valence-corrected chi connectivity index (χ3v) is 3.76. The molecule has 1 heterocycles. The van der Waals surface area contributed by atoms with Crippen LogP contribution in [0.3, 0.4) is 0 Å². The van der Waals surface area contributed by atoms with Crippen LogP contribution in [-0.4, -0.2) is 24.9 Å². The summed E-state index contributed by atoms with van der Waals surface area (Å²) in [4.78, 5) is 0. The number of ether oxygens (including phenoxy) is 2. The Hall–Kier alpha value is -0.930. The highest BCUT2D eigenvalue weighted by molar-refractivity contribution is 6.32. The maximum Gasteiger partial charge on any atom is 0.138 e. The SMILES string of the molecule is CCCOc1ccc(NC2CCOC(C)(C)C2)cc1Cl. The summed E-state index contributed by atoms with van der Waals surface area (Å²) >= 11 is 6.25. The number of hydrogen-bond acceptors (Lipinski definition) is 3. The fourth-order valence-corrected chi connectivity index (χ4v) is 2.75. The number of anilines is 1. The number of halogens is 1. The summed E-state index contributed by atoms with van der Waals surface area (Å²) in [6.45, 7) is 7.85. The van der Waals surface area contributed by atoms with Crippen LogP contribution in [0.1, 0.15) is 40.0 Å². The Morgan fingerprint density at radius 3 is 2.90 bits per heavy atom. The summed E-state index contributed by atoms with van der Waals surface area (Å²) in [6, 6.07) is 6.33. The van der Waals surface area contributed by atoms with Crippen LogP contribution < -0.4 is 10.1 Å². The molecule has 0 saturated carbocycles. The quantitative estimate of drug-likeness (QED) is 0.868. The average Bonchev–Trinajstić information content (AvgIpc) is 2.36. The van der Waals surface area contributed by atoms with Gasteiger partial charge in [-0.05, 0) is 51.3 Å². The lowest BCUT2D eigenvalue weighted by molar-refractivity contribution is -0.0553. The van der Waals surface area contributed by atoms with Crippen LogP contribution in [0.5, 0.6) is 5.75 Å². The van der Waals surface area contributed by atoms with E-state index in [0.717, 1.165) is 37.3 Å². The molecule has 0 aliphatic carbocycles. The third kappa shape index (κ3) is 4.29. The largest absolute Gasteiger partial charge is 0.492 e. The Kier molecular flexibility index (Phi) is 5.17. The van der Waals surface area contributed by atoms with Gasteiger partial charge in [0.2, 0.25) is 0 Å². The van der Waals surface area contributed by atoms with E-state index in [9.17, 15) is 0 Å². The standard InChI is InChI=1S/C16H24ClNO2/c1-4-8-19-15-6-5-12(10-14(15)17)18-13-7-9-20-16(2,3)11-13/h5-6,10,13,18H,4,7-9,11H2,1-3H3. The predicted octanol–water partition coefficient (Wildman–Crippen LogP) is 4.50. The van der Waals surface area contributed by atoms with Crippen LogP contribution in [0.4, 0.5) is 5.69 Å². The molecule has 1 unspecified atom stereocenters. The van der Waals surface area contributed by atoms with Gasteiger partial charge in [0, 0.05) is 18.3 Å². The second kappa shape index (κ2) is 6.68. The Morgan fingerprint density at radius 1 is 1.45 bits per heavy atom. The van der Waals surface area contributed by atoms with Crippen LogP contribution in [-0.2, 0) is 4.74 Å². The topological polar surface area (TPSA) is 30.5 Å². The van der Waals surface area contributed by atoms with E-state index in [0.29, 0.717) is 17.7 Å².